The molecule has 2 rings (SSSR count). The van der Waals surface area contributed by atoms with Gasteiger partial charge in [0.1, 0.15) is 11.5 Å². The number of hydrogen-bond donors (Lipinski definition) is 1. The van der Waals surface area contributed by atoms with E-state index in [-0.39, 0.29) is 4.90 Å². The van der Waals surface area contributed by atoms with Gasteiger partial charge in [-0.05, 0) is 49.7 Å². The van der Waals surface area contributed by atoms with Crippen molar-refractivity contribution in [2.75, 3.05) is 13.2 Å². The highest BCUT2D eigenvalue weighted by molar-refractivity contribution is 7.89. The monoisotopic (exact) mass is 309 g/mol. The summed E-state index contributed by atoms with van der Waals surface area (Å²) < 4.78 is 37.2. The van der Waals surface area contributed by atoms with Gasteiger partial charge in [-0.3, -0.25) is 0 Å². The largest absolute Gasteiger partial charge is 0.494 e. The maximum absolute atomic E-state index is 12.1. The predicted octanol–water partition coefficient (Wildman–Crippen LogP) is 2.59. The fraction of sp³-hybridized carbons (Fsp3) is 0.333. The van der Waals surface area contributed by atoms with Crippen molar-refractivity contribution in [3.8, 4) is 5.75 Å². The number of sulfonamides is 1. The Morgan fingerprint density at radius 3 is 2.57 bits per heavy atom. The fourth-order valence-electron chi connectivity index (χ4n) is 1.89. The summed E-state index contributed by atoms with van der Waals surface area (Å²) in [5, 5.41) is 0. The maximum Gasteiger partial charge on any atom is 0.240 e. The Hall–Kier alpha value is -1.79. The second kappa shape index (κ2) is 7.28. The van der Waals surface area contributed by atoms with Crippen molar-refractivity contribution in [2.24, 2.45) is 0 Å². The summed E-state index contributed by atoms with van der Waals surface area (Å²) in [5.74, 6) is 1.52. The van der Waals surface area contributed by atoms with Gasteiger partial charge >= 0.3 is 0 Å². The summed E-state index contributed by atoms with van der Waals surface area (Å²) in [5.41, 5.74) is 0. The van der Waals surface area contributed by atoms with Gasteiger partial charge in [0.25, 0.3) is 0 Å². The van der Waals surface area contributed by atoms with Crippen LogP contribution in [0, 0.1) is 0 Å². The lowest BCUT2D eigenvalue weighted by atomic mass is 10.2. The van der Waals surface area contributed by atoms with Gasteiger partial charge in [0, 0.05) is 13.0 Å². The molecule has 114 valence electrons. The summed E-state index contributed by atoms with van der Waals surface area (Å²) >= 11 is 0. The van der Waals surface area contributed by atoms with Gasteiger partial charge in [-0.2, -0.15) is 0 Å². The summed E-state index contributed by atoms with van der Waals surface area (Å²) in [7, 11) is -3.47. The van der Waals surface area contributed by atoms with Crippen LogP contribution in [0.15, 0.2) is 52.0 Å². The molecule has 1 N–H and O–H groups in total. The molecule has 21 heavy (non-hydrogen) atoms. The number of rotatable bonds is 8. The van der Waals surface area contributed by atoms with Crippen LogP contribution in [0.1, 0.15) is 19.1 Å². The third-order valence-electron chi connectivity index (χ3n) is 2.92. The normalized spacial score (nSPS) is 11.5. The van der Waals surface area contributed by atoms with Gasteiger partial charge in [0.15, 0.2) is 0 Å². The van der Waals surface area contributed by atoms with Crippen LogP contribution in [0.2, 0.25) is 0 Å². The van der Waals surface area contributed by atoms with E-state index < -0.39 is 10.0 Å². The Morgan fingerprint density at radius 1 is 1.19 bits per heavy atom. The molecule has 1 heterocycles. The molecule has 0 unspecified atom stereocenters. The van der Waals surface area contributed by atoms with Crippen molar-refractivity contribution in [3.05, 3.63) is 48.4 Å². The standard InChI is InChI=1S/C15H19NO4S/c1-2-19-14-7-9-15(10-8-14)21(17,18)16-11-3-5-13-6-4-12-20-13/h4,6-10,12,16H,2-3,5,11H2,1H3. The molecule has 0 saturated carbocycles. The minimum Gasteiger partial charge on any atom is -0.494 e. The minimum atomic E-state index is -3.47. The van der Waals surface area contributed by atoms with Crippen molar-refractivity contribution in [1.29, 1.82) is 0 Å². The average molecular weight is 309 g/mol. The first-order chi connectivity index (χ1) is 10.1. The lowest BCUT2D eigenvalue weighted by Gasteiger charge is -2.07. The van der Waals surface area contributed by atoms with Crippen LogP contribution in [-0.4, -0.2) is 21.6 Å². The second-order valence-corrected chi connectivity index (χ2v) is 6.25. The Balaban J connectivity index is 1.85. The highest BCUT2D eigenvalue weighted by Gasteiger charge is 2.13. The maximum atomic E-state index is 12.1. The van der Waals surface area contributed by atoms with E-state index in [4.69, 9.17) is 9.15 Å². The van der Waals surface area contributed by atoms with Gasteiger partial charge in [0.2, 0.25) is 10.0 Å². The van der Waals surface area contributed by atoms with Gasteiger partial charge in [-0.25, -0.2) is 13.1 Å². The Kier molecular flexibility index (Phi) is 5.41. The highest BCUT2D eigenvalue weighted by atomic mass is 32.2. The molecule has 0 spiro atoms. The fourth-order valence-corrected chi connectivity index (χ4v) is 2.96. The van der Waals surface area contributed by atoms with E-state index in [1.807, 2.05) is 19.1 Å². The molecule has 0 amide bonds. The molecule has 0 aliphatic carbocycles. The summed E-state index contributed by atoms with van der Waals surface area (Å²) in [6.07, 6.45) is 3.00. The smallest absolute Gasteiger partial charge is 0.240 e. The van der Waals surface area contributed by atoms with Crippen LogP contribution in [0.5, 0.6) is 5.75 Å². The first kappa shape index (κ1) is 15.6. The third kappa shape index (κ3) is 4.61. The zero-order valence-corrected chi connectivity index (χ0v) is 12.7. The quantitative estimate of drug-likeness (QED) is 0.761. The number of benzene rings is 1. The van der Waals surface area contributed by atoms with Crippen molar-refractivity contribution >= 4 is 10.0 Å². The number of aryl methyl sites for hydroxylation is 1. The van der Waals surface area contributed by atoms with Gasteiger partial charge in [-0.1, -0.05) is 0 Å². The van der Waals surface area contributed by atoms with E-state index >= 15 is 0 Å². The van der Waals surface area contributed by atoms with Crippen molar-refractivity contribution < 1.29 is 17.6 Å². The first-order valence-corrected chi connectivity index (χ1v) is 8.35. The van der Waals surface area contributed by atoms with Crippen LogP contribution in [0.3, 0.4) is 0 Å². The molecule has 0 bridgehead atoms. The molecule has 0 fully saturated rings. The van der Waals surface area contributed by atoms with E-state index in [2.05, 4.69) is 4.72 Å². The van der Waals surface area contributed by atoms with Gasteiger partial charge < -0.3 is 9.15 Å². The zero-order chi connectivity index (χ0) is 15.1. The molecule has 1 aromatic heterocycles. The number of furan rings is 1. The molecule has 6 heteroatoms. The van der Waals surface area contributed by atoms with Crippen LogP contribution < -0.4 is 9.46 Å². The topological polar surface area (TPSA) is 68.5 Å². The SMILES string of the molecule is CCOc1ccc(S(=O)(=O)NCCCc2ccco2)cc1. The number of hydrogen-bond acceptors (Lipinski definition) is 4. The van der Waals surface area contributed by atoms with Gasteiger partial charge in [-0.15, -0.1) is 0 Å². The molecule has 1 aromatic carbocycles. The molecular weight excluding hydrogens is 290 g/mol. The Morgan fingerprint density at radius 2 is 1.95 bits per heavy atom. The van der Waals surface area contributed by atoms with Crippen LogP contribution >= 0.6 is 0 Å². The van der Waals surface area contributed by atoms with Crippen LogP contribution in [-0.2, 0) is 16.4 Å². The summed E-state index contributed by atoms with van der Waals surface area (Å²) in [4.78, 5) is 0.240. The molecule has 0 radical (unpaired) electrons. The van der Waals surface area contributed by atoms with Crippen molar-refractivity contribution in [3.63, 3.8) is 0 Å². The van der Waals surface area contributed by atoms with E-state index in [1.54, 1.807) is 30.5 Å². The van der Waals surface area contributed by atoms with E-state index in [0.29, 0.717) is 31.7 Å². The predicted molar refractivity (Wildman–Crippen MR) is 79.8 cm³/mol. The summed E-state index contributed by atoms with van der Waals surface area (Å²) in [6, 6.07) is 10.1. The third-order valence-corrected chi connectivity index (χ3v) is 4.39. The average Bonchev–Trinajstić information content (AvgIpc) is 2.98. The van der Waals surface area contributed by atoms with Crippen LogP contribution in [0.25, 0.3) is 0 Å². The van der Waals surface area contributed by atoms with Crippen molar-refractivity contribution in [1.82, 2.24) is 4.72 Å². The highest BCUT2D eigenvalue weighted by Crippen LogP contribution is 2.15. The minimum absolute atomic E-state index is 0.240. The Labute approximate surface area is 125 Å². The Bertz CT molecular complexity index is 633. The van der Waals surface area contributed by atoms with Crippen molar-refractivity contribution in [2.45, 2.75) is 24.7 Å². The summed E-state index contributed by atoms with van der Waals surface area (Å²) in [6.45, 7) is 2.80. The van der Waals surface area contributed by atoms with E-state index in [1.165, 1.54) is 0 Å². The van der Waals surface area contributed by atoms with Gasteiger partial charge in [0.05, 0.1) is 17.8 Å². The van der Waals surface area contributed by atoms with Crippen LogP contribution in [0.4, 0.5) is 0 Å². The molecule has 0 aliphatic rings. The van der Waals surface area contributed by atoms with E-state index in [9.17, 15) is 8.42 Å². The molecule has 0 atom stereocenters. The van der Waals surface area contributed by atoms with E-state index in [0.717, 1.165) is 5.76 Å². The molecule has 2 aromatic rings. The zero-order valence-electron chi connectivity index (χ0n) is 11.9. The number of nitrogens with one attached hydrogen (secondary N) is 1. The lowest BCUT2D eigenvalue weighted by molar-refractivity contribution is 0.340. The molecular formula is C15H19NO4S. The first-order valence-electron chi connectivity index (χ1n) is 6.87. The molecule has 0 saturated heterocycles. The molecule has 5 nitrogen and oxygen atoms in total. The second-order valence-electron chi connectivity index (χ2n) is 4.49. The molecule has 0 aliphatic heterocycles. The number of ether oxygens (including phenoxy) is 1. The lowest BCUT2D eigenvalue weighted by Crippen LogP contribution is -2.25.